The summed E-state index contributed by atoms with van der Waals surface area (Å²) in [5.74, 6) is 0. The van der Waals surface area contributed by atoms with Gasteiger partial charge in [-0.05, 0) is 121 Å². The highest BCUT2D eigenvalue weighted by molar-refractivity contribution is 7.94. The van der Waals surface area contributed by atoms with Crippen molar-refractivity contribution in [3.8, 4) is 24.3 Å². The summed E-state index contributed by atoms with van der Waals surface area (Å²) in [6.45, 7) is 15.8. The van der Waals surface area contributed by atoms with E-state index in [0.717, 1.165) is 115 Å². The van der Waals surface area contributed by atoms with Crippen molar-refractivity contribution in [3.63, 3.8) is 0 Å². The van der Waals surface area contributed by atoms with E-state index in [2.05, 4.69) is 55.8 Å². The lowest BCUT2D eigenvalue weighted by Gasteiger charge is -2.34. The molecule has 0 amide bonds. The topological polar surface area (TPSA) is 363 Å². The van der Waals surface area contributed by atoms with E-state index in [9.17, 15) is 44.2 Å². The largest absolute Gasteiger partial charge is 0.384 e. The van der Waals surface area contributed by atoms with Gasteiger partial charge >= 0.3 is 0 Å². The highest BCUT2D eigenvalue weighted by Crippen LogP contribution is 2.24. The molecule has 0 bridgehead atoms. The van der Waals surface area contributed by atoms with Crippen LogP contribution in [-0.2, 0) is 68.5 Å². The van der Waals surface area contributed by atoms with Gasteiger partial charge in [-0.25, -0.2) is 52.6 Å². The van der Waals surface area contributed by atoms with Crippen molar-refractivity contribution in [1.82, 2.24) is 28.7 Å². The number of nitrogens with zero attached hydrogens (tertiary/aromatic N) is 9. The van der Waals surface area contributed by atoms with Crippen LogP contribution in [0.5, 0.6) is 0 Å². The van der Waals surface area contributed by atoms with Crippen molar-refractivity contribution in [3.05, 3.63) is 139 Å². The van der Waals surface area contributed by atoms with E-state index in [0.29, 0.717) is 35.5 Å². The maximum Gasteiger partial charge on any atom is 0.250 e. The fraction of sp³-hybridized carbons (Fsp3) is 0.471. The number of piperidine rings is 1. The summed E-state index contributed by atoms with van der Waals surface area (Å²) >= 11 is 0. The first-order valence-corrected chi connectivity index (χ1v) is 38.4. The van der Waals surface area contributed by atoms with Crippen molar-refractivity contribution in [2.75, 3.05) is 213 Å². The molecule has 8 rings (SSSR count). The van der Waals surface area contributed by atoms with Gasteiger partial charge in [-0.3, -0.25) is 4.90 Å². The maximum atomic E-state index is 12.1. The summed E-state index contributed by atoms with van der Waals surface area (Å²) < 4.78 is 136. The van der Waals surface area contributed by atoms with Crippen LogP contribution >= 0.6 is 0 Å². The lowest BCUT2D eigenvalue weighted by atomic mass is 10.1. The lowest BCUT2D eigenvalue weighted by molar-refractivity contribution is 0.0398. The third kappa shape index (κ3) is 29.5. The van der Waals surface area contributed by atoms with Gasteiger partial charge in [0.2, 0.25) is 0 Å². The maximum absolute atomic E-state index is 12.1. The standard InChI is InChI=1S/C18H26N4O4S.C17H24N4O3S.C17H23N3O3S.C16H21N3O4S/c1-25-11-7-21-27(23,24)18(15-19)14-16-2-4-17(5-3-16)20-6-8-22-9-12-26-13-10-22;1-20-8-10-21(11-9-20)16-5-3-15(4-6-16)13-17(14-18)25(22,23)19-7-12-24-2;1-23-12-9-19-24(21,22)17(14-18)13-15-5-7-16(8-6-15)20-10-3-2-4-11-20;1-22-9-6-18-24(20,21)16(13-17)12-14-2-4-15(5-3-14)19-7-10-23-11-8-19/h2-5,14,20-21H,6-13H2,1H3;3-6,13,19H,7-12H2,1-2H3;5-8,13,19H,2-4,9-12H2,1H3;2-5,12,18H,6-11H2,1H3/b18-14+;2*17-13+;16-12+. The van der Waals surface area contributed by atoms with E-state index in [1.165, 1.54) is 72.0 Å². The second kappa shape index (κ2) is 44.5. The molecule has 28 nitrogen and oxygen atoms in total. The fourth-order valence-electron chi connectivity index (χ4n) is 9.97. The van der Waals surface area contributed by atoms with Gasteiger partial charge in [0.1, 0.15) is 24.3 Å². The van der Waals surface area contributed by atoms with E-state index >= 15 is 0 Å². The number of benzene rings is 4. The predicted molar refractivity (Wildman–Crippen MR) is 390 cm³/mol. The smallest absolute Gasteiger partial charge is 0.250 e. The monoisotopic (exact) mass is 1460 g/mol. The number of morpholine rings is 2. The highest BCUT2D eigenvalue weighted by atomic mass is 32.2. The first-order valence-electron chi connectivity index (χ1n) is 32.5. The number of ether oxygens (including phenoxy) is 6. The number of piperazine rings is 1. The molecule has 0 atom stereocenters. The van der Waals surface area contributed by atoms with Crippen molar-refractivity contribution < 1.29 is 62.1 Å². The molecule has 32 heteroatoms. The Kier molecular flexibility index (Phi) is 37.0. The van der Waals surface area contributed by atoms with Crippen molar-refractivity contribution in [1.29, 1.82) is 21.0 Å². The molecule has 0 unspecified atom stereocenters. The third-order valence-corrected chi connectivity index (χ3v) is 21.1. The number of likely N-dealkylation sites (N-methyl/N-ethyl adjacent to an activating group) is 1. The SMILES string of the molecule is COCCNS(=O)(=O)/C(C#N)=C/c1ccc(N2CCCCC2)cc1.COCCNS(=O)(=O)/C(C#N)=C/c1ccc(N2CCN(C)CC2)cc1.COCCNS(=O)(=O)/C(C#N)=C/c1ccc(N2CCOCC2)cc1.COCCNS(=O)(=O)/C(C#N)=C/c1ccc(NCCN2CCOCC2)cc1. The Hall–Kier alpha value is -7.68. The first-order chi connectivity index (χ1) is 48.1. The van der Waals surface area contributed by atoms with Crippen LogP contribution in [0, 0.1) is 45.3 Å². The number of anilines is 4. The quantitative estimate of drug-likeness (QED) is 0.0334. The minimum atomic E-state index is -3.84. The molecule has 4 heterocycles. The van der Waals surface area contributed by atoms with Crippen LogP contribution in [0.15, 0.2) is 117 Å². The van der Waals surface area contributed by atoms with Crippen LogP contribution in [0.2, 0.25) is 0 Å². The molecule has 0 aromatic heterocycles. The zero-order valence-electron chi connectivity index (χ0n) is 57.5. The Labute approximate surface area is 591 Å². The highest BCUT2D eigenvalue weighted by Gasteiger charge is 2.22. The first kappa shape index (κ1) is 83.0. The Balaban J connectivity index is 0.000000241. The number of sulfonamides is 4. The van der Waals surface area contributed by atoms with Crippen LogP contribution in [0.25, 0.3) is 24.3 Å². The van der Waals surface area contributed by atoms with Crippen LogP contribution in [0.4, 0.5) is 22.7 Å². The summed E-state index contributed by atoms with van der Waals surface area (Å²) in [5, 5.41) is 40.0. The third-order valence-electron chi connectivity index (χ3n) is 15.6. The molecule has 0 saturated carbocycles. The average molecular weight is 1460 g/mol. The molecule has 4 aromatic rings. The van der Waals surface area contributed by atoms with E-state index in [-0.39, 0.29) is 72.2 Å². The van der Waals surface area contributed by atoms with Gasteiger partial charge in [-0.2, -0.15) is 21.0 Å². The number of allylic oxidation sites excluding steroid dienone is 4. The van der Waals surface area contributed by atoms with Gasteiger partial charge in [-0.15, -0.1) is 0 Å². The predicted octanol–water partition coefficient (Wildman–Crippen LogP) is 4.79. The minimum Gasteiger partial charge on any atom is -0.384 e. The molecule has 0 radical (unpaired) electrons. The van der Waals surface area contributed by atoms with Crippen LogP contribution < -0.4 is 38.9 Å². The van der Waals surface area contributed by atoms with E-state index < -0.39 is 40.1 Å². The van der Waals surface area contributed by atoms with Gasteiger partial charge < -0.3 is 53.3 Å². The van der Waals surface area contributed by atoms with Gasteiger partial charge in [0.25, 0.3) is 40.1 Å². The van der Waals surface area contributed by atoms with E-state index in [1.54, 1.807) is 48.5 Å². The van der Waals surface area contributed by atoms with Gasteiger partial charge in [0, 0.05) is 156 Å². The zero-order valence-corrected chi connectivity index (χ0v) is 60.8. The second-order valence-corrected chi connectivity index (χ2v) is 29.7. The number of hydrogen-bond donors (Lipinski definition) is 5. The Morgan fingerprint density at radius 1 is 0.400 bits per heavy atom. The average Bonchev–Trinajstić information content (AvgIpc) is 0.861. The Morgan fingerprint density at radius 3 is 1.00 bits per heavy atom. The summed E-state index contributed by atoms with van der Waals surface area (Å²) in [5.41, 5.74) is 6.88. The lowest BCUT2D eigenvalue weighted by Crippen LogP contribution is -2.44. The van der Waals surface area contributed by atoms with Gasteiger partial charge in [-0.1, -0.05) is 48.5 Å². The molecule has 4 fully saturated rings. The molecular weight excluding hydrogens is 1370 g/mol. The molecule has 4 saturated heterocycles. The van der Waals surface area contributed by atoms with Crippen LogP contribution in [0.3, 0.4) is 0 Å². The summed E-state index contributed by atoms with van der Waals surface area (Å²) in [6, 6.07) is 36.9. The molecule has 4 aliphatic rings. The molecule has 5 N–H and O–H groups in total. The molecule has 4 aromatic carbocycles. The summed E-state index contributed by atoms with van der Waals surface area (Å²) in [4.78, 5) is 10.2. The van der Waals surface area contributed by atoms with Crippen LogP contribution in [-0.4, -0.2) is 237 Å². The molecule has 0 spiro atoms. The van der Waals surface area contributed by atoms with Crippen molar-refractivity contribution in [2.24, 2.45) is 0 Å². The number of nitrogens with one attached hydrogen (secondary N) is 5. The number of nitriles is 4. The van der Waals surface area contributed by atoms with E-state index in [1.807, 2.05) is 72.8 Å². The van der Waals surface area contributed by atoms with E-state index in [4.69, 9.17) is 38.9 Å². The molecule has 0 aliphatic carbocycles. The minimum absolute atomic E-state index is 0.115. The van der Waals surface area contributed by atoms with Crippen LogP contribution in [0.1, 0.15) is 41.5 Å². The van der Waals surface area contributed by atoms with Crippen molar-refractivity contribution >= 4 is 87.1 Å². The summed E-state index contributed by atoms with van der Waals surface area (Å²) in [6.07, 6.45) is 9.15. The molecule has 4 aliphatic heterocycles. The normalized spacial score (nSPS) is 16.2. The molecular formula is C68H94N14O14S4. The molecule has 544 valence electrons. The fourth-order valence-corrected chi connectivity index (χ4v) is 13.6. The second-order valence-electron chi connectivity index (χ2n) is 22.8. The molecule has 100 heavy (non-hydrogen) atoms. The summed E-state index contributed by atoms with van der Waals surface area (Å²) in [7, 11) is -7.28. The van der Waals surface area contributed by atoms with Gasteiger partial charge in [0.05, 0.1) is 52.9 Å². The number of rotatable bonds is 31. The number of methoxy groups -OCH3 is 4. The number of hydrogen-bond acceptors (Lipinski definition) is 24. The Morgan fingerprint density at radius 2 is 0.690 bits per heavy atom. The Bertz CT molecular complexity index is 3780. The van der Waals surface area contributed by atoms with Crippen molar-refractivity contribution in [2.45, 2.75) is 19.3 Å². The van der Waals surface area contributed by atoms with Gasteiger partial charge in [0.15, 0.2) is 19.6 Å². The zero-order chi connectivity index (χ0) is 72.7.